The summed E-state index contributed by atoms with van der Waals surface area (Å²) in [6.45, 7) is 5.77. The maximum Gasteiger partial charge on any atom is 0.0281 e. The van der Waals surface area contributed by atoms with Crippen molar-refractivity contribution in [1.29, 1.82) is 0 Å². The molecule has 2 heteroatoms. The smallest absolute Gasteiger partial charge is 0.0281 e. The summed E-state index contributed by atoms with van der Waals surface area (Å²) < 4.78 is 0.600. The Morgan fingerprint density at radius 1 is 1.31 bits per heavy atom. The van der Waals surface area contributed by atoms with Gasteiger partial charge >= 0.3 is 0 Å². The molecule has 0 saturated heterocycles. The zero-order chi connectivity index (χ0) is 9.73. The van der Waals surface area contributed by atoms with E-state index in [0.29, 0.717) is 4.75 Å². The molecule has 0 radical (unpaired) electrons. The van der Waals surface area contributed by atoms with Crippen LogP contribution >= 0.6 is 11.8 Å². The van der Waals surface area contributed by atoms with E-state index in [1.54, 1.807) is 0 Å². The van der Waals surface area contributed by atoms with Gasteiger partial charge in [-0.1, -0.05) is 20.3 Å². The lowest BCUT2D eigenvalue weighted by atomic mass is 9.84. The van der Waals surface area contributed by atoms with Gasteiger partial charge < -0.3 is 5.32 Å². The first-order chi connectivity index (χ1) is 6.26. The van der Waals surface area contributed by atoms with Crippen LogP contribution in [-0.4, -0.2) is 23.6 Å². The van der Waals surface area contributed by atoms with Gasteiger partial charge in [-0.05, 0) is 31.9 Å². The molecule has 1 rings (SSSR count). The summed E-state index contributed by atoms with van der Waals surface area (Å²) >= 11 is 2.06. The Morgan fingerprint density at radius 3 is 2.23 bits per heavy atom. The molecule has 0 unspecified atom stereocenters. The molecule has 0 aliphatic heterocycles. The van der Waals surface area contributed by atoms with Crippen LogP contribution < -0.4 is 5.32 Å². The summed E-state index contributed by atoms with van der Waals surface area (Å²) in [6.07, 6.45) is 9.06. The lowest BCUT2D eigenvalue weighted by Crippen LogP contribution is -2.46. The van der Waals surface area contributed by atoms with E-state index in [9.17, 15) is 0 Å². The maximum absolute atomic E-state index is 3.69. The zero-order valence-electron chi connectivity index (χ0n) is 9.23. The molecule has 0 amide bonds. The first-order valence-corrected chi connectivity index (χ1v) is 6.77. The Morgan fingerprint density at radius 2 is 1.92 bits per heavy atom. The van der Waals surface area contributed by atoms with Crippen LogP contribution in [0.25, 0.3) is 0 Å². The van der Waals surface area contributed by atoms with Crippen molar-refractivity contribution in [2.45, 2.75) is 56.7 Å². The second kappa shape index (κ2) is 5.26. The Hall–Kier alpha value is 0.310. The quantitative estimate of drug-likeness (QED) is 0.709. The first-order valence-electron chi connectivity index (χ1n) is 5.55. The summed E-state index contributed by atoms with van der Waals surface area (Å²) in [5.41, 5.74) is 0. The summed E-state index contributed by atoms with van der Waals surface area (Å²) in [7, 11) is 0. The molecule has 1 aliphatic rings. The third-order valence-electron chi connectivity index (χ3n) is 3.40. The van der Waals surface area contributed by atoms with Crippen LogP contribution in [0.3, 0.4) is 0 Å². The topological polar surface area (TPSA) is 12.0 Å². The van der Waals surface area contributed by atoms with Crippen LogP contribution in [0.4, 0.5) is 0 Å². The standard InChI is InChI=1S/C11H23NS/c1-4-10(5-2)12-9-11(13-3)7-6-8-11/h10,12H,4-9H2,1-3H3. The monoisotopic (exact) mass is 201 g/mol. The fourth-order valence-electron chi connectivity index (χ4n) is 1.93. The van der Waals surface area contributed by atoms with Crippen molar-refractivity contribution in [3.05, 3.63) is 0 Å². The molecule has 0 heterocycles. The highest BCUT2D eigenvalue weighted by Crippen LogP contribution is 2.42. The predicted molar refractivity (Wildman–Crippen MR) is 62.5 cm³/mol. The molecule has 0 spiro atoms. The second-order valence-electron chi connectivity index (χ2n) is 4.14. The Balaban J connectivity index is 2.23. The van der Waals surface area contributed by atoms with Crippen LogP contribution in [0.15, 0.2) is 0 Å². The molecule has 1 fully saturated rings. The van der Waals surface area contributed by atoms with Crippen molar-refractivity contribution in [3.63, 3.8) is 0 Å². The third kappa shape index (κ3) is 2.88. The molecular weight excluding hydrogens is 178 g/mol. The van der Waals surface area contributed by atoms with Crippen LogP contribution in [0, 0.1) is 0 Å². The largest absolute Gasteiger partial charge is 0.313 e. The van der Waals surface area contributed by atoms with Crippen LogP contribution in [-0.2, 0) is 0 Å². The zero-order valence-corrected chi connectivity index (χ0v) is 10.0. The van der Waals surface area contributed by atoms with Gasteiger partial charge in [-0.15, -0.1) is 0 Å². The van der Waals surface area contributed by atoms with Gasteiger partial charge in [0.1, 0.15) is 0 Å². The molecule has 1 nitrogen and oxygen atoms in total. The van der Waals surface area contributed by atoms with E-state index >= 15 is 0 Å². The average Bonchev–Trinajstić information content (AvgIpc) is 2.10. The van der Waals surface area contributed by atoms with E-state index in [0.717, 1.165) is 6.04 Å². The number of nitrogens with one attached hydrogen (secondary N) is 1. The van der Waals surface area contributed by atoms with Gasteiger partial charge in [0.2, 0.25) is 0 Å². The Kier molecular flexibility index (Phi) is 4.60. The summed E-state index contributed by atoms with van der Waals surface area (Å²) in [5, 5.41) is 3.69. The van der Waals surface area contributed by atoms with E-state index < -0.39 is 0 Å². The number of rotatable bonds is 6. The van der Waals surface area contributed by atoms with E-state index in [2.05, 4.69) is 37.2 Å². The van der Waals surface area contributed by atoms with Gasteiger partial charge in [0, 0.05) is 17.3 Å². The minimum Gasteiger partial charge on any atom is -0.313 e. The molecule has 1 saturated carbocycles. The highest BCUT2D eigenvalue weighted by molar-refractivity contribution is 8.00. The SMILES string of the molecule is CCC(CC)NCC1(SC)CCC1. The van der Waals surface area contributed by atoms with Crippen molar-refractivity contribution in [2.75, 3.05) is 12.8 Å². The molecule has 1 N–H and O–H groups in total. The maximum atomic E-state index is 3.69. The van der Waals surface area contributed by atoms with Gasteiger partial charge in [-0.25, -0.2) is 0 Å². The molecular formula is C11H23NS. The molecule has 0 aromatic carbocycles. The first kappa shape index (κ1) is 11.4. The van der Waals surface area contributed by atoms with E-state index in [-0.39, 0.29) is 0 Å². The minimum absolute atomic E-state index is 0.600. The molecule has 0 aromatic heterocycles. The van der Waals surface area contributed by atoms with Gasteiger partial charge in [0.25, 0.3) is 0 Å². The van der Waals surface area contributed by atoms with Crippen molar-refractivity contribution in [2.24, 2.45) is 0 Å². The van der Waals surface area contributed by atoms with Crippen LogP contribution in [0.2, 0.25) is 0 Å². The number of hydrogen-bond donors (Lipinski definition) is 1. The van der Waals surface area contributed by atoms with Gasteiger partial charge in [0.05, 0.1) is 0 Å². The molecule has 0 aromatic rings. The molecule has 0 atom stereocenters. The fraction of sp³-hybridized carbons (Fsp3) is 1.00. The second-order valence-corrected chi connectivity index (χ2v) is 5.41. The highest BCUT2D eigenvalue weighted by atomic mass is 32.2. The summed E-state index contributed by atoms with van der Waals surface area (Å²) in [5.74, 6) is 0. The number of hydrogen-bond acceptors (Lipinski definition) is 2. The van der Waals surface area contributed by atoms with Crippen molar-refractivity contribution in [1.82, 2.24) is 5.32 Å². The van der Waals surface area contributed by atoms with Crippen molar-refractivity contribution in [3.8, 4) is 0 Å². The molecule has 13 heavy (non-hydrogen) atoms. The summed E-state index contributed by atoms with van der Waals surface area (Å²) in [4.78, 5) is 0. The number of thioether (sulfide) groups is 1. The molecule has 1 aliphatic carbocycles. The van der Waals surface area contributed by atoms with Gasteiger partial charge in [0.15, 0.2) is 0 Å². The average molecular weight is 201 g/mol. The lowest BCUT2D eigenvalue weighted by molar-refractivity contribution is 0.324. The van der Waals surface area contributed by atoms with Crippen LogP contribution in [0.5, 0.6) is 0 Å². The predicted octanol–water partition coefficient (Wildman–Crippen LogP) is 3.05. The van der Waals surface area contributed by atoms with Gasteiger partial charge in [-0.3, -0.25) is 0 Å². The van der Waals surface area contributed by atoms with E-state index in [4.69, 9.17) is 0 Å². The minimum atomic E-state index is 0.600. The summed E-state index contributed by atoms with van der Waals surface area (Å²) in [6, 6.07) is 0.740. The molecule has 78 valence electrons. The Bertz CT molecular complexity index is 134. The van der Waals surface area contributed by atoms with E-state index in [1.165, 1.54) is 38.6 Å². The lowest BCUT2D eigenvalue weighted by Gasteiger charge is -2.41. The van der Waals surface area contributed by atoms with Crippen molar-refractivity contribution >= 4 is 11.8 Å². The van der Waals surface area contributed by atoms with E-state index in [1.807, 2.05) is 0 Å². The van der Waals surface area contributed by atoms with Gasteiger partial charge in [-0.2, -0.15) is 11.8 Å². The van der Waals surface area contributed by atoms with Crippen molar-refractivity contribution < 1.29 is 0 Å². The van der Waals surface area contributed by atoms with Crippen LogP contribution in [0.1, 0.15) is 46.0 Å². The fourth-order valence-corrected chi connectivity index (χ4v) is 2.86. The highest BCUT2D eigenvalue weighted by Gasteiger charge is 2.35. The normalized spacial score (nSPS) is 20.3. The molecule has 0 bridgehead atoms. The Labute approximate surface area is 87.1 Å². The third-order valence-corrected chi connectivity index (χ3v) is 4.81.